The number of ether oxygens (including phenoxy) is 1. The molecule has 0 unspecified atom stereocenters. The van der Waals surface area contributed by atoms with Crippen molar-refractivity contribution in [3.8, 4) is 11.3 Å². The first-order chi connectivity index (χ1) is 23.8. The van der Waals surface area contributed by atoms with Gasteiger partial charge in [0.1, 0.15) is 23.1 Å². The molecule has 4 rings (SSSR count). The predicted octanol–water partition coefficient (Wildman–Crippen LogP) is 6.78. The fourth-order valence-corrected chi connectivity index (χ4v) is 4.96. The summed E-state index contributed by atoms with van der Waals surface area (Å²) in [7, 11) is 0. The van der Waals surface area contributed by atoms with E-state index in [2.05, 4.69) is 22.5 Å². The van der Waals surface area contributed by atoms with Crippen LogP contribution in [0.25, 0.3) is 11.3 Å². The molecule has 1 atom stereocenters. The van der Waals surface area contributed by atoms with Crippen LogP contribution >= 0.6 is 23.2 Å². The molecule has 0 aliphatic heterocycles. The van der Waals surface area contributed by atoms with Gasteiger partial charge in [-0.2, -0.15) is 0 Å². The van der Waals surface area contributed by atoms with Gasteiger partial charge in [0, 0.05) is 31.6 Å². The molecular formula is C33H28Cl2F5N5O5. The first-order valence-electron chi connectivity index (χ1n) is 14.7. The van der Waals surface area contributed by atoms with Gasteiger partial charge in [-0.1, -0.05) is 64.8 Å². The molecule has 264 valence electrons. The number of aromatic nitrogens is 1. The number of hydrazine groups is 1. The first kappa shape index (κ1) is 38.2. The van der Waals surface area contributed by atoms with Crippen LogP contribution in [0.3, 0.4) is 0 Å². The van der Waals surface area contributed by atoms with Gasteiger partial charge in [-0.15, -0.1) is 0 Å². The van der Waals surface area contributed by atoms with Gasteiger partial charge in [-0.3, -0.25) is 19.5 Å². The molecule has 0 aliphatic carbocycles. The second-order valence-electron chi connectivity index (χ2n) is 10.6. The highest BCUT2D eigenvalue weighted by atomic mass is 35.5. The number of imide groups is 1. The Morgan fingerprint density at radius 1 is 0.940 bits per heavy atom. The Morgan fingerprint density at radius 3 is 2.20 bits per heavy atom. The maximum atomic E-state index is 14.1. The van der Waals surface area contributed by atoms with Crippen LogP contribution in [-0.4, -0.2) is 58.5 Å². The third-order valence-corrected chi connectivity index (χ3v) is 7.82. The predicted molar refractivity (Wildman–Crippen MR) is 171 cm³/mol. The number of alkyl halides is 2. The number of urea groups is 1. The largest absolute Gasteiger partial charge is 0.359 e. The van der Waals surface area contributed by atoms with E-state index < -0.39 is 67.3 Å². The lowest BCUT2D eigenvalue weighted by atomic mass is 10.1. The van der Waals surface area contributed by atoms with Crippen LogP contribution in [0.4, 0.5) is 26.7 Å². The van der Waals surface area contributed by atoms with E-state index >= 15 is 0 Å². The highest BCUT2D eigenvalue weighted by Crippen LogP contribution is 2.23. The maximum absolute atomic E-state index is 14.1. The van der Waals surface area contributed by atoms with Crippen LogP contribution in [-0.2, 0) is 27.4 Å². The molecule has 0 fully saturated rings. The van der Waals surface area contributed by atoms with Crippen molar-refractivity contribution in [2.45, 2.75) is 38.9 Å². The van der Waals surface area contributed by atoms with Crippen molar-refractivity contribution in [1.82, 2.24) is 25.8 Å². The molecule has 2 radical (unpaired) electrons. The number of carbonyl (C=O) groups excluding carboxylic acids is 3. The smallest absolute Gasteiger partial charge is 0.324 e. The normalized spacial score (nSPS) is 11.8. The average molecular weight is 741 g/mol. The summed E-state index contributed by atoms with van der Waals surface area (Å²) in [5, 5.41) is 6.55. The highest BCUT2D eigenvalue weighted by Gasteiger charge is 2.32. The van der Waals surface area contributed by atoms with Crippen LogP contribution < -0.4 is 10.7 Å². The van der Waals surface area contributed by atoms with Crippen molar-refractivity contribution in [3.63, 3.8) is 0 Å². The highest BCUT2D eigenvalue weighted by molar-refractivity contribution is 6.31. The molecule has 3 aromatic carbocycles. The topological polar surface area (TPSA) is 117 Å². The minimum Gasteiger partial charge on any atom is -0.359 e. The van der Waals surface area contributed by atoms with Crippen molar-refractivity contribution < 1.29 is 45.6 Å². The van der Waals surface area contributed by atoms with E-state index in [1.807, 2.05) is 0 Å². The van der Waals surface area contributed by atoms with Crippen molar-refractivity contribution in [3.05, 3.63) is 118 Å². The number of halogens is 7. The SMILES string of the molecule is CC(=O)N(NCc1cccc(F)c1Cl)[C@H](CO[C]c1cc(-c2cccc(F)c2)on1)CN(C(=O)CC(F)F)C(=O)NCc1cccc(F)c1Cl. The molecule has 17 heteroatoms. The molecule has 2 N–H and O–H groups in total. The third-order valence-electron chi connectivity index (χ3n) is 6.98. The Hall–Kier alpha value is -4.57. The lowest BCUT2D eigenvalue weighted by Gasteiger charge is -2.34. The van der Waals surface area contributed by atoms with Crippen molar-refractivity contribution in [2.75, 3.05) is 13.2 Å². The summed E-state index contributed by atoms with van der Waals surface area (Å²) < 4.78 is 79.2. The number of hydrogen-bond donors (Lipinski definition) is 2. The molecule has 0 spiro atoms. The van der Waals surface area contributed by atoms with E-state index in [9.17, 15) is 36.3 Å². The van der Waals surface area contributed by atoms with Crippen molar-refractivity contribution in [2.24, 2.45) is 0 Å². The van der Waals surface area contributed by atoms with E-state index in [0.717, 1.165) is 24.1 Å². The summed E-state index contributed by atoms with van der Waals surface area (Å²) in [5.74, 6) is -3.84. The lowest BCUT2D eigenvalue weighted by molar-refractivity contribution is -0.140. The molecule has 4 amide bonds. The second-order valence-corrected chi connectivity index (χ2v) is 11.3. The molecule has 50 heavy (non-hydrogen) atoms. The zero-order valence-electron chi connectivity index (χ0n) is 26.1. The van der Waals surface area contributed by atoms with Crippen LogP contribution in [0.15, 0.2) is 71.3 Å². The van der Waals surface area contributed by atoms with Gasteiger partial charge >= 0.3 is 6.03 Å². The number of nitrogens with zero attached hydrogens (tertiary/aromatic N) is 3. The van der Waals surface area contributed by atoms with Gasteiger partial charge in [0.25, 0.3) is 0 Å². The molecular weight excluding hydrogens is 712 g/mol. The molecule has 10 nitrogen and oxygen atoms in total. The number of nitrogens with one attached hydrogen (secondary N) is 2. The summed E-state index contributed by atoms with van der Waals surface area (Å²) in [6.45, 7) is 1.75. The Balaban J connectivity index is 1.58. The van der Waals surface area contributed by atoms with Gasteiger partial charge in [-0.25, -0.2) is 32.2 Å². The number of rotatable bonds is 15. The zero-order valence-corrected chi connectivity index (χ0v) is 27.6. The minimum absolute atomic E-state index is 0.00670. The van der Waals surface area contributed by atoms with Crippen LogP contribution in [0.2, 0.25) is 10.0 Å². The van der Waals surface area contributed by atoms with Gasteiger partial charge in [0.05, 0.1) is 35.7 Å². The van der Waals surface area contributed by atoms with Crippen LogP contribution in [0.1, 0.15) is 30.2 Å². The Kier molecular flexibility index (Phi) is 13.7. The Morgan fingerprint density at radius 2 is 1.58 bits per heavy atom. The monoisotopic (exact) mass is 739 g/mol. The summed E-state index contributed by atoms with van der Waals surface area (Å²) >= 11 is 12.0. The maximum Gasteiger partial charge on any atom is 0.324 e. The minimum atomic E-state index is -3.14. The average Bonchev–Trinajstić information content (AvgIpc) is 3.54. The second kappa shape index (κ2) is 17.9. The summed E-state index contributed by atoms with van der Waals surface area (Å²) in [5.41, 5.74) is 3.50. The van der Waals surface area contributed by atoms with E-state index in [4.69, 9.17) is 32.5 Å². The van der Waals surface area contributed by atoms with Gasteiger partial charge in [-0.05, 0) is 35.4 Å². The molecule has 0 saturated carbocycles. The van der Waals surface area contributed by atoms with Gasteiger partial charge in [0.15, 0.2) is 12.4 Å². The quantitative estimate of drug-likeness (QED) is 0.102. The van der Waals surface area contributed by atoms with E-state index in [1.54, 1.807) is 6.07 Å². The number of hydrogen-bond acceptors (Lipinski definition) is 7. The number of amides is 4. The van der Waals surface area contributed by atoms with Crippen LogP contribution in [0, 0.1) is 24.1 Å². The molecule has 1 heterocycles. The molecule has 0 saturated heterocycles. The van der Waals surface area contributed by atoms with Crippen LogP contribution in [0.5, 0.6) is 0 Å². The molecule has 0 aliphatic rings. The number of benzene rings is 3. The van der Waals surface area contributed by atoms with Gasteiger partial charge < -0.3 is 14.6 Å². The summed E-state index contributed by atoms with van der Waals surface area (Å²) in [6.07, 6.45) is -4.49. The summed E-state index contributed by atoms with van der Waals surface area (Å²) in [4.78, 5) is 39.6. The number of carbonyl (C=O) groups is 3. The zero-order chi connectivity index (χ0) is 36.4. The Bertz CT molecular complexity index is 1810. The van der Waals surface area contributed by atoms with Crippen molar-refractivity contribution in [1.29, 1.82) is 0 Å². The van der Waals surface area contributed by atoms with E-state index in [-0.39, 0.29) is 45.7 Å². The van der Waals surface area contributed by atoms with E-state index in [1.165, 1.54) is 48.5 Å². The van der Waals surface area contributed by atoms with Crippen molar-refractivity contribution >= 4 is 41.0 Å². The summed E-state index contributed by atoms with van der Waals surface area (Å²) in [6, 6.07) is 12.2. The third kappa shape index (κ3) is 10.5. The molecule has 1 aromatic heterocycles. The fraction of sp³-hybridized carbons (Fsp3) is 0.242. The first-order valence-corrected chi connectivity index (χ1v) is 15.5. The molecule has 0 bridgehead atoms. The lowest BCUT2D eigenvalue weighted by Crippen LogP contribution is -2.57. The standard InChI is InChI=1S/C33H28Cl2F5N5O5/c1-19(46)45(42-15-22-7-4-10-27(38)32(22)35)25(18-49-17-24-12-28(50-43-24)20-5-2-8-23(36)11-20)16-44(30(47)13-29(39)40)33(48)41-14-21-6-3-9-26(37)31(21)34/h2-12,25,29,42H,13-16,18H2,1H3,(H,41,48)/t25-/m0/s1. The molecule has 4 aromatic rings. The van der Waals surface area contributed by atoms with Gasteiger partial charge in [0.2, 0.25) is 18.2 Å². The fourth-order valence-electron chi connectivity index (χ4n) is 4.58. The Labute approximate surface area is 293 Å². The van der Waals surface area contributed by atoms with E-state index in [0.29, 0.717) is 10.5 Å².